The molecular formula is C13H12Br2N2. The first-order chi connectivity index (χ1) is 8.16. The van der Waals surface area contributed by atoms with Crippen LogP contribution >= 0.6 is 31.9 Å². The van der Waals surface area contributed by atoms with Gasteiger partial charge in [0.25, 0.3) is 0 Å². The summed E-state index contributed by atoms with van der Waals surface area (Å²) in [4.78, 5) is 4.00. The number of hydrogen-bond donors (Lipinski definition) is 1. The van der Waals surface area contributed by atoms with Crippen molar-refractivity contribution in [2.75, 3.05) is 0 Å². The lowest BCUT2D eigenvalue weighted by molar-refractivity contribution is 0.717. The van der Waals surface area contributed by atoms with Crippen molar-refractivity contribution in [2.24, 2.45) is 5.73 Å². The summed E-state index contributed by atoms with van der Waals surface area (Å²) in [5.41, 5.74) is 8.53. The van der Waals surface area contributed by atoms with E-state index in [-0.39, 0.29) is 6.04 Å². The van der Waals surface area contributed by atoms with Crippen LogP contribution in [0.25, 0.3) is 0 Å². The Bertz CT molecular complexity index is 500. The molecule has 0 saturated heterocycles. The Morgan fingerprint density at radius 1 is 1.12 bits per heavy atom. The number of hydrogen-bond acceptors (Lipinski definition) is 2. The zero-order valence-electron chi connectivity index (χ0n) is 9.11. The van der Waals surface area contributed by atoms with Crippen molar-refractivity contribution in [3.05, 3.63) is 62.8 Å². The Kier molecular flexibility index (Phi) is 4.31. The smallest absolute Gasteiger partial charge is 0.0347 e. The Hall–Kier alpha value is -0.710. The molecule has 0 aliphatic rings. The molecule has 0 bridgehead atoms. The van der Waals surface area contributed by atoms with Crippen LogP contribution in [0.3, 0.4) is 0 Å². The number of aromatic nitrogens is 1. The number of nitrogens with two attached hydrogens (primary N) is 1. The van der Waals surface area contributed by atoms with Gasteiger partial charge in [-0.2, -0.15) is 0 Å². The third-order valence-corrected chi connectivity index (χ3v) is 3.78. The Morgan fingerprint density at radius 2 is 1.82 bits per heavy atom. The summed E-state index contributed by atoms with van der Waals surface area (Å²) < 4.78 is 2.09. The summed E-state index contributed by atoms with van der Waals surface area (Å²) in [6.07, 6.45) is 4.38. The summed E-state index contributed by atoms with van der Waals surface area (Å²) in [5.74, 6) is 0. The maximum Gasteiger partial charge on any atom is 0.0347 e. The molecule has 88 valence electrons. The highest BCUT2D eigenvalue weighted by molar-refractivity contribution is 9.11. The minimum Gasteiger partial charge on any atom is -0.324 e. The van der Waals surface area contributed by atoms with Crippen molar-refractivity contribution in [3.63, 3.8) is 0 Å². The second kappa shape index (κ2) is 5.76. The van der Waals surface area contributed by atoms with Crippen LogP contribution in [0.5, 0.6) is 0 Å². The van der Waals surface area contributed by atoms with Gasteiger partial charge in [-0.05, 0) is 47.9 Å². The van der Waals surface area contributed by atoms with Gasteiger partial charge in [0, 0.05) is 27.4 Å². The molecule has 1 heterocycles. The van der Waals surface area contributed by atoms with Gasteiger partial charge in [0.05, 0.1) is 0 Å². The SMILES string of the molecule is NC(Cc1ccncc1)c1cc(Br)ccc1Br. The molecule has 0 fully saturated rings. The molecular weight excluding hydrogens is 344 g/mol. The first-order valence-electron chi connectivity index (χ1n) is 5.26. The summed E-state index contributed by atoms with van der Waals surface area (Å²) in [5, 5.41) is 0. The zero-order valence-corrected chi connectivity index (χ0v) is 12.3. The second-order valence-electron chi connectivity index (χ2n) is 3.83. The van der Waals surface area contributed by atoms with E-state index in [1.54, 1.807) is 12.4 Å². The molecule has 0 radical (unpaired) electrons. The third kappa shape index (κ3) is 3.37. The monoisotopic (exact) mass is 354 g/mol. The molecule has 0 amide bonds. The number of nitrogens with zero attached hydrogens (tertiary/aromatic N) is 1. The first kappa shape index (κ1) is 12.7. The molecule has 2 nitrogen and oxygen atoms in total. The summed E-state index contributed by atoms with van der Waals surface area (Å²) in [6, 6.07) is 10.0. The summed E-state index contributed by atoms with van der Waals surface area (Å²) >= 11 is 6.99. The van der Waals surface area contributed by atoms with Gasteiger partial charge in [-0.15, -0.1) is 0 Å². The van der Waals surface area contributed by atoms with Crippen LogP contribution in [0.1, 0.15) is 17.2 Å². The van der Waals surface area contributed by atoms with E-state index in [1.807, 2.05) is 24.3 Å². The van der Waals surface area contributed by atoms with Crippen molar-refractivity contribution in [1.82, 2.24) is 4.98 Å². The first-order valence-corrected chi connectivity index (χ1v) is 6.85. The van der Waals surface area contributed by atoms with Crippen LogP contribution in [0.15, 0.2) is 51.7 Å². The maximum absolute atomic E-state index is 6.23. The van der Waals surface area contributed by atoms with E-state index in [0.29, 0.717) is 0 Å². The van der Waals surface area contributed by atoms with Crippen LogP contribution in [0.4, 0.5) is 0 Å². The van der Waals surface area contributed by atoms with Crippen molar-refractivity contribution >= 4 is 31.9 Å². The van der Waals surface area contributed by atoms with E-state index in [2.05, 4.69) is 42.9 Å². The van der Waals surface area contributed by atoms with Crippen LogP contribution in [-0.4, -0.2) is 4.98 Å². The highest BCUT2D eigenvalue weighted by Crippen LogP contribution is 2.27. The Morgan fingerprint density at radius 3 is 2.53 bits per heavy atom. The number of pyridine rings is 1. The summed E-state index contributed by atoms with van der Waals surface area (Å²) in [7, 11) is 0. The fourth-order valence-electron chi connectivity index (χ4n) is 1.68. The molecule has 1 unspecified atom stereocenters. The zero-order chi connectivity index (χ0) is 12.3. The third-order valence-electron chi connectivity index (χ3n) is 2.56. The quantitative estimate of drug-likeness (QED) is 0.908. The van der Waals surface area contributed by atoms with Gasteiger partial charge < -0.3 is 5.73 Å². The molecule has 0 saturated carbocycles. The molecule has 1 aromatic carbocycles. The van der Waals surface area contributed by atoms with Crippen LogP contribution in [0, 0.1) is 0 Å². The molecule has 4 heteroatoms. The molecule has 2 N–H and O–H groups in total. The van der Waals surface area contributed by atoms with Crippen LogP contribution < -0.4 is 5.73 Å². The Balaban J connectivity index is 2.20. The van der Waals surface area contributed by atoms with Crippen LogP contribution in [-0.2, 0) is 6.42 Å². The van der Waals surface area contributed by atoms with Crippen molar-refractivity contribution < 1.29 is 0 Å². The molecule has 2 rings (SSSR count). The Labute approximate surface area is 118 Å². The lowest BCUT2D eigenvalue weighted by Gasteiger charge is -2.14. The number of rotatable bonds is 3. The molecule has 0 aliphatic heterocycles. The van der Waals surface area contributed by atoms with Crippen LogP contribution in [0.2, 0.25) is 0 Å². The number of halogens is 2. The molecule has 1 aromatic heterocycles. The minimum atomic E-state index is -0.0238. The molecule has 2 aromatic rings. The maximum atomic E-state index is 6.23. The fraction of sp³-hybridized carbons (Fsp3) is 0.154. The van der Waals surface area contributed by atoms with E-state index < -0.39 is 0 Å². The fourth-order valence-corrected chi connectivity index (χ4v) is 2.60. The highest BCUT2D eigenvalue weighted by Gasteiger charge is 2.11. The van der Waals surface area contributed by atoms with Gasteiger partial charge in [0.2, 0.25) is 0 Å². The van der Waals surface area contributed by atoms with Gasteiger partial charge in [0.1, 0.15) is 0 Å². The van der Waals surface area contributed by atoms with Gasteiger partial charge in [-0.25, -0.2) is 0 Å². The molecule has 1 atom stereocenters. The predicted molar refractivity (Wildman–Crippen MR) is 76.7 cm³/mol. The lowest BCUT2D eigenvalue weighted by Crippen LogP contribution is -2.14. The molecule has 0 spiro atoms. The summed E-state index contributed by atoms with van der Waals surface area (Å²) in [6.45, 7) is 0. The van der Waals surface area contributed by atoms with E-state index in [0.717, 1.165) is 20.9 Å². The van der Waals surface area contributed by atoms with Crippen molar-refractivity contribution in [2.45, 2.75) is 12.5 Å². The topological polar surface area (TPSA) is 38.9 Å². The van der Waals surface area contributed by atoms with Crippen molar-refractivity contribution in [1.29, 1.82) is 0 Å². The predicted octanol–water partition coefficient (Wildman–Crippen LogP) is 3.85. The minimum absolute atomic E-state index is 0.0238. The van der Waals surface area contributed by atoms with Crippen molar-refractivity contribution in [3.8, 4) is 0 Å². The number of benzene rings is 1. The van der Waals surface area contributed by atoms with E-state index in [1.165, 1.54) is 5.56 Å². The van der Waals surface area contributed by atoms with E-state index in [9.17, 15) is 0 Å². The average Bonchev–Trinajstić information content (AvgIpc) is 2.33. The van der Waals surface area contributed by atoms with E-state index in [4.69, 9.17) is 5.73 Å². The van der Waals surface area contributed by atoms with E-state index >= 15 is 0 Å². The van der Waals surface area contributed by atoms with Gasteiger partial charge in [-0.3, -0.25) is 4.98 Å². The highest BCUT2D eigenvalue weighted by atomic mass is 79.9. The largest absolute Gasteiger partial charge is 0.324 e. The molecule has 17 heavy (non-hydrogen) atoms. The van der Waals surface area contributed by atoms with Gasteiger partial charge in [-0.1, -0.05) is 31.9 Å². The average molecular weight is 356 g/mol. The molecule has 0 aliphatic carbocycles. The van der Waals surface area contributed by atoms with Gasteiger partial charge >= 0.3 is 0 Å². The second-order valence-corrected chi connectivity index (χ2v) is 5.60. The lowest BCUT2D eigenvalue weighted by atomic mass is 10.0. The standard InChI is InChI=1S/C13H12Br2N2/c14-10-1-2-12(15)11(8-10)13(16)7-9-3-5-17-6-4-9/h1-6,8,13H,7,16H2. The normalized spacial score (nSPS) is 12.4. The van der Waals surface area contributed by atoms with Gasteiger partial charge in [0.15, 0.2) is 0 Å².